The fourth-order valence-corrected chi connectivity index (χ4v) is 2.76. The second-order valence-electron chi connectivity index (χ2n) is 4.07. The number of amides is 1. The van der Waals surface area contributed by atoms with E-state index in [2.05, 4.69) is 16.7 Å². The third-order valence-electron chi connectivity index (χ3n) is 2.53. The van der Waals surface area contributed by atoms with Crippen LogP contribution in [0.5, 0.6) is 0 Å². The lowest BCUT2D eigenvalue weighted by atomic mass is 10.3. The third kappa shape index (κ3) is 3.82. The molecule has 0 aromatic carbocycles. The van der Waals surface area contributed by atoms with Crippen molar-refractivity contribution < 1.29 is 4.79 Å². The molecule has 2 N–H and O–H groups in total. The van der Waals surface area contributed by atoms with Crippen LogP contribution in [-0.2, 0) is 17.9 Å². The summed E-state index contributed by atoms with van der Waals surface area (Å²) in [5.41, 5.74) is 5.42. The van der Waals surface area contributed by atoms with Crippen molar-refractivity contribution in [1.29, 1.82) is 0 Å². The van der Waals surface area contributed by atoms with Crippen LogP contribution in [0.2, 0.25) is 4.34 Å². The summed E-state index contributed by atoms with van der Waals surface area (Å²) in [5.74, 6) is 0.0671. The molecule has 6 nitrogen and oxygen atoms in total. The molecule has 0 aliphatic rings. The Balaban J connectivity index is 2.03. The van der Waals surface area contributed by atoms with Crippen molar-refractivity contribution in [3.05, 3.63) is 40.3 Å². The minimum absolute atomic E-state index is 0.0840. The first-order valence-electron chi connectivity index (χ1n) is 5.86. The second kappa shape index (κ2) is 6.53. The van der Waals surface area contributed by atoms with Gasteiger partial charge in [0.15, 0.2) is 0 Å². The number of nitrogens with zero attached hydrogens (tertiary/aromatic N) is 4. The second-order valence-corrected chi connectivity index (χ2v) is 5.87. The van der Waals surface area contributed by atoms with E-state index in [0.29, 0.717) is 17.4 Å². The zero-order chi connectivity index (χ0) is 14.5. The van der Waals surface area contributed by atoms with E-state index in [1.807, 2.05) is 12.1 Å². The largest absolute Gasteiger partial charge is 0.367 e. The fourth-order valence-electron chi connectivity index (χ4n) is 1.66. The quantitative estimate of drug-likeness (QED) is 0.825. The molecule has 20 heavy (non-hydrogen) atoms. The Morgan fingerprint density at radius 1 is 1.60 bits per heavy atom. The van der Waals surface area contributed by atoms with Crippen LogP contribution in [0, 0.1) is 0 Å². The molecular weight excluding hydrogens is 298 g/mol. The van der Waals surface area contributed by atoms with E-state index >= 15 is 0 Å². The highest BCUT2D eigenvalue weighted by Gasteiger charge is 2.15. The molecule has 0 aliphatic heterocycles. The van der Waals surface area contributed by atoms with Crippen LogP contribution in [0.15, 0.2) is 31.1 Å². The first kappa shape index (κ1) is 14.5. The lowest BCUT2D eigenvalue weighted by Crippen LogP contribution is -2.33. The van der Waals surface area contributed by atoms with E-state index in [0.717, 1.165) is 4.88 Å². The molecule has 2 aromatic rings. The average Bonchev–Trinajstić information content (AvgIpc) is 2.98. The van der Waals surface area contributed by atoms with Crippen LogP contribution in [0.4, 0.5) is 5.95 Å². The predicted octanol–water partition coefficient (Wildman–Crippen LogP) is 1.79. The van der Waals surface area contributed by atoms with Crippen LogP contribution in [-0.4, -0.2) is 32.1 Å². The van der Waals surface area contributed by atoms with Gasteiger partial charge in [0.1, 0.15) is 12.9 Å². The van der Waals surface area contributed by atoms with Gasteiger partial charge < -0.3 is 10.6 Å². The third-order valence-corrected chi connectivity index (χ3v) is 3.75. The van der Waals surface area contributed by atoms with Gasteiger partial charge in [0.25, 0.3) is 0 Å². The summed E-state index contributed by atoms with van der Waals surface area (Å²) in [7, 11) is 0. The van der Waals surface area contributed by atoms with Crippen molar-refractivity contribution in [3.63, 3.8) is 0 Å². The van der Waals surface area contributed by atoms with Crippen molar-refractivity contribution in [2.24, 2.45) is 0 Å². The number of anilines is 1. The molecule has 2 rings (SSSR count). The molecule has 0 radical (unpaired) electrons. The number of nitrogen functional groups attached to an aromatic ring is 1. The van der Waals surface area contributed by atoms with Crippen LogP contribution in [0.1, 0.15) is 4.88 Å². The lowest BCUT2D eigenvalue weighted by molar-refractivity contribution is -0.132. The Labute approximate surface area is 125 Å². The highest BCUT2D eigenvalue weighted by atomic mass is 35.5. The number of carbonyl (C=O) groups excluding carboxylic acids is 1. The zero-order valence-corrected chi connectivity index (χ0v) is 12.3. The number of nitrogens with two attached hydrogens (primary N) is 1. The van der Waals surface area contributed by atoms with E-state index in [-0.39, 0.29) is 18.4 Å². The zero-order valence-electron chi connectivity index (χ0n) is 10.7. The number of carbonyl (C=O) groups is 1. The first-order chi connectivity index (χ1) is 9.58. The summed E-state index contributed by atoms with van der Waals surface area (Å²) >= 11 is 7.34. The summed E-state index contributed by atoms with van der Waals surface area (Å²) in [4.78, 5) is 18.7. The average molecular weight is 312 g/mol. The van der Waals surface area contributed by atoms with E-state index in [4.69, 9.17) is 17.3 Å². The number of rotatable bonds is 6. The Morgan fingerprint density at radius 3 is 2.95 bits per heavy atom. The van der Waals surface area contributed by atoms with Crippen molar-refractivity contribution in [1.82, 2.24) is 19.7 Å². The fraction of sp³-hybridized carbons (Fsp3) is 0.250. The number of halogens is 1. The van der Waals surface area contributed by atoms with E-state index in [1.54, 1.807) is 11.0 Å². The molecule has 0 saturated heterocycles. The molecule has 0 spiro atoms. The smallest absolute Gasteiger partial charge is 0.244 e. The van der Waals surface area contributed by atoms with Gasteiger partial charge in [-0.3, -0.25) is 4.79 Å². The number of thiophene rings is 1. The molecule has 106 valence electrons. The lowest BCUT2D eigenvalue weighted by Gasteiger charge is -2.20. The van der Waals surface area contributed by atoms with E-state index < -0.39 is 0 Å². The normalized spacial score (nSPS) is 10.4. The maximum absolute atomic E-state index is 12.2. The van der Waals surface area contributed by atoms with Gasteiger partial charge in [-0.05, 0) is 12.1 Å². The van der Waals surface area contributed by atoms with E-state index in [9.17, 15) is 4.79 Å². The van der Waals surface area contributed by atoms with Gasteiger partial charge in [-0.15, -0.1) is 23.0 Å². The van der Waals surface area contributed by atoms with Gasteiger partial charge in [0.2, 0.25) is 11.9 Å². The van der Waals surface area contributed by atoms with Crippen LogP contribution >= 0.6 is 22.9 Å². The monoisotopic (exact) mass is 311 g/mol. The summed E-state index contributed by atoms with van der Waals surface area (Å²) in [6.45, 7) is 4.71. The van der Waals surface area contributed by atoms with Gasteiger partial charge in [-0.2, -0.15) is 0 Å². The Kier molecular flexibility index (Phi) is 4.75. The molecule has 0 fully saturated rings. The van der Waals surface area contributed by atoms with E-state index in [1.165, 1.54) is 22.3 Å². The SMILES string of the molecule is C=CCN(Cc1ccc(Cl)s1)C(=O)Cn1cnc(N)n1. The number of hydrogen-bond donors (Lipinski definition) is 1. The molecule has 0 bridgehead atoms. The molecule has 0 aliphatic carbocycles. The van der Waals surface area contributed by atoms with Gasteiger partial charge in [-0.1, -0.05) is 17.7 Å². The molecule has 0 atom stereocenters. The first-order valence-corrected chi connectivity index (χ1v) is 7.05. The minimum Gasteiger partial charge on any atom is -0.367 e. The van der Waals surface area contributed by atoms with Crippen molar-refractivity contribution in [2.45, 2.75) is 13.1 Å². The summed E-state index contributed by atoms with van der Waals surface area (Å²) in [5, 5.41) is 3.90. The maximum atomic E-state index is 12.2. The minimum atomic E-state index is -0.0840. The highest BCUT2D eigenvalue weighted by molar-refractivity contribution is 7.16. The molecule has 0 unspecified atom stereocenters. The standard InChI is InChI=1S/C12H14ClN5OS/c1-2-5-17(6-9-3-4-10(13)20-9)11(19)7-18-8-15-12(14)16-18/h2-4,8H,1,5-7H2,(H2,14,16). The molecule has 1 amide bonds. The van der Waals surface area contributed by atoms with Crippen LogP contribution in [0.3, 0.4) is 0 Å². The molecular formula is C12H14ClN5OS. The van der Waals surface area contributed by atoms with Gasteiger partial charge in [0, 0.05) is 11.4 Å². The summed E-state index contributed by atoms with van der Waals surface area (Å²) in [6, 6.07) is 3.72. The number of hydrogen-bond acceptors (Lipinski definition) is 5. The molecule has 8 heteroatoms. The van der Waals surface area contributed by atoms with Crippen molar-refractivity contribution >= 4 is 34.8 Å². The highest BCUT2D eigenvalue weighted by Crippen LogP contribution is 2.22. The molecule has 2 aromatic heterocycles. The van der Waals surface area contributed by atoms with Crippen LogP contribution < -0.4 is 5.73 Å². The topological polar surface area (TPSA) is 77.0 Å². The maximum Gasteiger partial charge on any atom is 0.244 e. The molecule has 0 saturated carbocycles. The predicted molar refractivity (Wildman–Crippen MR) is 79.4 cm³/mol. The van der Waals surface area contributed by atoms with Crippen LogP contribution in [0.25, 0.3) is 0 Å². The Morgan fingerprint density at radius 2 is 2.40 bits per heavy atom. The Hall–Kier alpha value is -1.86. The summed E-state index contributed by atoms with van der Waals surface area (Å²) < 4.78 is 2.12. The number of aromatic nitrogens is 3. The van der Waals surface area contributed by atoms with Gasteiger partial charge in [0.05, 0.1) is 10.9 Å². The van der Waals surface area contributed by atoms with Crippen molar-refractivity contribution in [2.75, 3.05) is 12.3 Å². The van der Waals surface area contributed by atoms with Gasteiger partial charge in [-0.25, -0.2) is 9.67 Å². The molecule has 2 heterocycles. The summed E-state index contributed by atoms with van der Waals surface area (Å²) in [6.07, 6.45) is 3.12. The van der Waals surface area contributed by atoms with Crippen molar-refractivity contribution in [3.8, 4) is 0 Å². The van der Waals surface area contributed by atoms with Gasteiger partial charge >= 0.3 is 0 Å². The Bertz CT molecular complexity index is 609.